The number of methoxy groups -OCH3 is 1. The highest BCUT2D eigenvalue weighted by Crippen LogP contribution is 2.28. The average Bonchev–Trinajstić information content (AvgIpc) is 2.61. The van der Waals surface area contributed by atoms with Crippen molar-refractivity contribution in [3.63, 3.8) is 0 Å². The molecule has 0 aromatic heterocycles. The van der Waals surface area contributed by atoms with E-state index in [0.717, 1.165) is 42.2 Å². The van der Waals surface area contributed by atoms with Crippen LogP contribution in [0.25, 0.3) is 0 Å². The van der Waals surface area contributed by atoms with Gasteiger partial charge in [-0.05, 0) is 48.9 Å². The van der Waals surface area contributed by atoms with Crippen molar-refractivity contribution in [1.82, 2.24) is 5.32 Å². The van der Waals surface area contributed by atoms with Crippen LogP contribution < -0.4 is 19.5 Å². The lowest BCUT2D eigenvalue weighted by molar-refractivity contribution is 0.211. The SMILES string of the molecule is CCCc1ccc(OCCOc2ccc(CNC)cc2OC)cc1. The van der Waals surface area contributed by atoms with Crippen LogP contribution in [-0.2, 0) is 13.0 Å². The molecule has 0 aliphatic heterocycles. The molecule has 0 aliphatic rings. The van der Waals surface area contributed by atoms with E-state index in [2.05, 4.69) is 24.4 Å². The van der Waals surface area contributed by atoms with Crippen LogP contribution in [0.3, 0.4) is 0 Å². The summed E-state index contributed by atoms with van der Waals surface area (Å²) in [4.78, 5) is 0. The molecule has 0 atom stereocenters. The van der Waals surface area contributed by atoms with Crippen molar-refractivity contribution in [2.75, 3.05) is 27.4 Å². The zero-order valence-electron chi connectivity index (χ0n) is 14.8. The Hall–Kier alpha value is -2.20. The fraction of sp³-hybridized carbons (Fsp3) is 0.400. The summed E-state index contributed by atoms with van der Waals surface area (Å²) in [5.41, 5.74) is 2.50. The maximum atomic E-state index is 5.77. The first kappa shape index (κ1) is 18.1. The average molecular weight is 329 g/mol. The van der Waals surface area contributed by atoms with Gasteiger partial charge in [0.1, 0.15) is 19.0 Å². The van der Waals surface area contributed by atoms with Crippen LogP contribution in [0.15, 0.2) is 42.5 Å². The highest BCUT2D eigenvalue weighted by molar-refractivity contribution is 5.43. The van der Waals surface area contributed by atoms with Crippen LogP contribution >= 0.6 is 0 Å². The third kappa shape index (κ3) is 5.46. The number of rotatable bonds is 10. The van der Waals surface area contributed by atoms with Gasteiger partial charge in [-0.1, -0.05) is 31.5 Å². The minimum absolute atomic E-state index is 0.471. The van der Waals surface area contributed by atoms with Crippen molar-refractivity contribution >= 4 is 0 Å². The molecule has 2 aromatic carbocycles. The van der Waals surface area contributed by atoms with E-state index in [4.69, 9.17) is 14.2 Å². The number of hydrogen-bond acceptors (Lipinski definition) is 4. The van der Waals surface area contributed by atoms with Crippen molar-refractivity contribution < 1.29 is 14.2 Å². The fourth-order valence-electron chi connectivity index (χ4n) is 2.50. The molecule has 4 nitrogen and oxygen atoms in total. The Bertz CT molecular complexity index is 611. The molecular weight excluding hydrogens is 302 g/mol. The molecule has 0 saturated heterocycles. The molecule has 0 amide bonds. The third-order valence-electron chi connectivity index (χ3n) is 3.68. The van der Waals surface area contributed by atoms with E-state index in [1.54, 1.807) is 7.11 Å². The first-order chi connectivity index (χ1) is 11.8. The van der Waals surface area contributed by atoms with Crippen LogP contribution in [0.1, 0.15) is 24.5 Å². The van der Waals surface area contributed by atoms with E-state index in [-0.39, 0.29) is 0 Å². The molecule has 0 unspecified atom stereocenters. The van der Waals surface area contributed by atoms with Crippen molar-refractivity contribution in [2.24, 2.45) is 0 Å². The summed E-state index contributed by atoms with van der Waals surface area (Å²) in [5, 5.41) is 3.12. The van der Waals surface area contributed by atoms with Crippen molar-refractivity contribution in [3.05, 3.63) is 53.6 Å². The monoisotopic (exact) mass is 329 g/mol. The Morgan fingerprint density at radius 2 is 1.58 bits per heavy atom. The van der Waals surface area contributed by atoms with Gasteiger partial charge < -0.3 is 19.5 Å². The first-order valence-corrected chi connectivity index (χ1v) is 8.43. The quantitative estimate of drug-likeness (QED) is 0.673. The second-order valence-electron chi connectivity index (χ2n) is 5.61. The normalized spacial score (nSPS) is 10.5. The summed E-state index contributed by atoms with van der Waals surface area (Å²) < 4.78 is 16.9. The molecule has 0 radical (unpaired) electrons. The van der Waals surface area contributed by atoms with Gasteiger partial charge in [-0.3, -0.25) is 0 Å². The van der Waals surface area contributed by atoms with E-state index < -0.39 is 0 Å². The van der Waals surface area contributed by atoms with Gasteiger partial charge >= 0.3 is 0 Å². The maximum Gasteiger partial charge on any atom is 0.161 e. The summed E-state index contributed by atoms with van der Waals surface area (Å²) >= 11 is 0. The number of benzene rings is 2. The van der Waals surface area contributed by atoms with Crippen molar-refractivity contribution in [2.45, 2.75) is 26.3 Å². The Morgan fingerprint density at radius 1 is 0.875 bits per heavy atom. The smallest absolute Gasteiger partial charge is 0.161 e. The molecule has 130 valence electrons. The van der Waals surface area contributed by atoms with Crippen LogP contribution in [0.4, 0.5) is 0 Å². The van der Waals surface area contributed by atoms with Crippen molar-refractivity contribution in [1.29, 1.82) is 0 Å². The molecule has 0 bridgehead atoms. The van der Waals surface area contributed by atoms with Gasteiger partial charge in [0.25, 0.3) is 0 Å². The van der Waals surface area contributed by atoms with E-state index in [9.17, 15) is 0 Å². The van der Waals surface area contributed by atoms with E-state index in [1.165, 1.54) is 5.56 Å². The van der Waals surface area contributed by atoms with E-state index in [1.807, 2.05) is 37.4 Å². The topological polar surface area (TPSA) is 39.7 Å². The Morgan fingerprint density at radius 3 is 2.25 bits per heavy atom. The largest absolute Gasteiger partial charge is 0.493 e. The van der Waals surface area contributed by atoms with Crippen LogP contribution in [0.5, 0.6) is 17.2 Å². The lowest BCUT2D eigenvalue weighted by atomic mass is 10.1. The highest BCUT2D eigenvalue weighted by Gasteiger charge is 2.05. The predicted molar refractivity (Wildman–Crippen MR) is 97.2 cm³/mol. The lowest BCUT2D eigenvalue weighted by Crippen LogP contribution is -2.10. The second kappa shape index (κ2) is 9.83. The number of nitrogens with one attached hydrogen (secondary N) is 1. The van der Waals surface area contributed by atoms with Gasteiger partial charge in [-0.15, -0.1) is 0 Å². The fourth-order valence-corrected chi connectivity index (χ4v) is 2.50. The molecule has 4 heteroatoms. The standard InChI is InChI=1S/C20H27NO3/c1-4-5-16-6-9-18(10-7-16)23-12-13-24-19-11-8-17(15-21-2)14-20(19)22-3/h6-11,14,21H,4-5,12-13,15H2,1-3H3. The first-order valence-electron chi connectivity index (χ1n) is 8.43. The molecule has 2 aromatic rings. The summed E-state index contributed by atoms with van der Waals surface area (Å²) in [6.45, 7) is 3.95. The molecule has 0 aliphatic carbocycles. The molecule has 0 spiro atoms. The van der Waals surface area contributed by atoms with Gasteiger partial charge in [0.15, 0.2) is 11.5 Å². The minimum atomic E-state index is 0.471. The van der Waals surface area contributed by atoms with Gasteiger partial charge in [0.2, 0.25) is 0 Å². The third-order valence-corrected chi connectivity index (χ3v) is 3.68. The highest BCUT2D eigenvalue weighted by atomic mass is 16.5. The molecular formula is C20H27NO3. The summed E-state index contributed by atoms with van der Waals surface area (Å²) in [5.74, 6) is 2.35. The Labute approximate surface area is 144 Å². The van der Waals surface area contributed by atoms with Gasteiger partial charge in [-0.2, -0.15) is 0 Å². The Kier molecular flexibility index (Phi) is 7.43. The maximum absolute atomic E-state index is 5.77. The molecule has 2 rings (SSSR count). The molecule has 1 N–H and O–H groups in total. The van der Waals surface area contributed by atoms with E-state index >= 15 is 0 Å². The Balaban J connectivity index is 1.81. The van der Waals surface area contributed by atoms with Crippen LogP contribution in [-0.4, -0.2) is 27.4 Å². The van der Waals surface area contributed by atoms with Crippen molar-refractivity contribution in [3.8, 4) is 17.2 Å². The summed E-state index contributed by atoms with van der Waals surface area (Å²) in [7, 11) is 3.57. The summed E-state index contributed by atoms with van der Waals surface area (Å²) in [6.07, 6.45) is 2.26. The number of aryl methyl sites for hydroxylation is 1. The molecule has 0 fully saturated rings. The number of ether oxygens (including phenoxy) is 3. The molecule has 0 saturated carbocycles. The molecule has 0 heterocycles. The molecule has 24 heavy (non-hydrogen) atoms. The van der Waals surface area contributed by atoms with E-state index in [0.29, 0.717) is 13.2 Å². The van der Waals surface area contributed by atoms with Crippen LogP contribution in [0.2, 0.25) is 0 Å². The van der Waals surface area contributed by atoms with Gasteiger partial charge in [-0.25, -0.2) is 0 Å². The summed E-state index contributed by atoms with van der Waals surface area (Å²) in [6, 6.07) is 14.2. The lowest BCUT2D eigenvalue weighted by Gasteiger charge is -2.13. The second-order valence-corrected chi connectivity index (χ2v) is 5.61. The number of hydrogen-bond donors (Lipinski definition) is 1. The zero-order valence-corrected chi connectivity index (χ0v) is 14.8. The van der Waals surface area contributed by atoms with Gasteiger partial charge in [0, 0.05) is 6.54 Å². The zero-order chi connectivity index (χ0) is 17.2. The predicted octanol–water partition coefficient (Wildman–Crippen LogP) is 3.82. The van der Waals surface area contributed by atoms with Gasteiger partial charge in [0.05, 0.1) is 7.11 Å². The minimum Gasteiger partial charge on any atom is -0.493 e. The van der Waals surface area contributed by atoms with Crippen LogP contribution in [0, 0.1) is 0 Å².